The van der Waals surface area contributed by atoms with Gasteiger partial charge in [-0.15, -0.1) is 11.3 Å². The van der Waals surface area contributed by atoms with Crippen LogP contribution in [0.3, 0.4) is 0 Å². The van der Waals surface area contributed by atoms with Crippen molar-refractivity contribution in [2.24, 2.45) is 0 Å². The first-order valence-electron chi connectivity index (χ1n) is 16.0. The van der Waals surface area contributed by atoms with Gasteiger partial charge in [0.25, 0.3) is 0 Å². The molecule has 1 aromatic heterocycles. The first kappa shape index (κ1) is 27.1. The topological polar surface area (TPSA) is 0 Å². The highest BCUT2D eigenvalue weighted by Gasteiger charge is 2.36. The molecule has 0 radical (unpaired) electrons. The number of fused-ring (bicyclic) bond motifs is 6. The third-order valence-corrected chi connectivity index (χ3v) is 11.1. The number of benzene rings is 7. The zero-order chi connectivity index (χ0) is 30.8. The predicted molar refractivity (Wildman–Crippen MR) is 199 cm³/mol. The van der Waals surface area contributed by atoms with Crippen molar-refractivity contribution in [2.45, 2.75) is 19.3 Å². The van der Waals surface area contributed by atoms with E-state index in [1.165, 1.54) is 86.9 Å². The maximum Gasteiger partial charge on any atom is 0.0433 e. The normalized spacial score (nSPS) is 13.2. The Kier molecular flexibility index (Phi) is 6.13. The molecule has 1 aliphatic carbocycles. The maximum atomic E-state index is 2.46. The quantitative estimate of drug-likeness (QED) is 0.187. The van der Waals surface area contributed by atoms with Crippen molar-refractivity contribution in [1.82, 2.24) is 0 Å². The van der Waals surface area contributed by atoms with Gasteiger partial charge in [-0.1, -0.05) is 135 Å². The fraction of sp³-hybridized carbons (Fsp3) is 0.0667. The van der Waals surface area contributed by atoms with E-state index in [1.807, 2.05) is 11.3 Å². The minimum absolute atomic E-state index is 0.121. The largest absolute Gasteiger partial charge is 0.135 e. The summed E-state index contributed by atoms with van der Waals surface area (Å²) >= 11 is 1.90. The van der Waals surface area contributed by atoms with E-state index in [0.29, 0.717) is 0 Å². The molecule has 46 heavy (non-hydrogen) atoms. The van der Waals surface area contributed by atoms with Gasteiger partial charge in [0.2, 0.25) is 0 Å². The molecule has 0 nitrogen and oxygen atoms in total. The lowest BCUT2D eigenvalue weighted by Crippen LogP contribution is -2.15. The SMILES string of the molecule is CC1(C)c2cc(-c3cc(-c4ccccc4)cc(-c4ccccc4)c3)ccc2-c2ccc(-c3cccc4c3sc3ccccc34)cc21. The van der Waals surface area contributed by atoms with Crippen LogP contribution in [0.15, 0.2) is 158 Å². The smallest absolute Gasteiger partial charge is 0.0433 e. The summed E-state index contributed by atoms with van der Waals surface area (Å²) in [6.45, 7) is 4.78. The van der Waals surface area contributed by atoms with Gasteiger partial charge in [0.15, 0.2) is 0 Å². The minimum atomic E-state index is -0.121. The second kappa shape index (κ2) is 10.4. The van der Waals surface area contributed by atoms with Crippen molar-refractivity contribution in [3.8, 4) is 55.6 Å². The van der Waals surface area contributed by atoms with Crippen LogP contribution in [-0.2, 0) is 5.41 Å². The molecule has 0 aliphatic heterocycles. The molecular weight excluding hydrogens is 573 g/mol. The molecule has 0 saturated carbocycles. The Morgan fingerprint density at radius 3 is 1.54 bits per heavy atom. The van der Waals surface area contributed by atoms with E-state index < -0.39 is 0 Å². The third kappa shape index (κ3) is 4.27. The molecular formula is C45H32S. The highest BCUT2D eigenvalue weighted by atomic mass is 32.1. The summed E-state index contributed by atoms with van der Waals surface area (Å²) in [4.78, 5) is 0. The molecule has 9 rings (SSSR count). The van der Waals surface area contributed by atoms with E-state index in [0.717, 1.165) is 0 Å². The molecule has 0 bridgehead atoms. The molecule has 8 aromatic rings. The maximum absolute atomic E-state index is 2.46. The lowest BCUT2D eigenvalue weighted by atomic mass is 9.80. The summed E-state index contributed by atoms with van der Waals surface area (Å²) in [5.41, 5.74) is 15.4. The monoisotopic (exact) mass is 604 g/mol. The fourth-order valence-corrected chi connectivity index (χ4v) is 8.69. The van der Waals surface area contributed by atoms with Gasteiger partial charge in [-0.25, -0.2) is 0 Å². The van der Waals surface area contributed by atoms with Crippen molar-refractivity contribution in [2.75, 3.05) is 0 Å². The molecule has 0 amide bonds. The molecule has 0 saturated heterocycles. The summed E-state index contributed by atoms with van der Waals surface area (Å²) in [7, 11) is 0. The Labute approximate surface area is 274 Å². The summed E-state index contributed by atoms with van der Waals surface area (Å²) in [5, 5.41) is 2.69. The van der Waals surface area contributed by atoms with Crippen molar-refractivity contribution >= 4 is 31.5 Å². The third-order valence-electron chi connectivity index (χ3n) is 9.87. The van der Waals surface area contributed by atoms with Gasteiger partial charge in [0.05, 0.1) is 0 Å². The Hall–Kier alpha value is -5.24. The molecule has 7 aromatic carbocycles. The highest BCUT2D eigenvalue weighted by Crippen LogP contribution is 2.51. The molecule has 1 heterocycles. The van der Waals surface area contributed by atoms with Crippen molar-refractivity contribution in [3.63, 3.8) is 0 Å². The Balaban J connectivity index is 1.16. The summed E-state index contributed by atoms with van der Waals surface area (Å²) in [5.74, 6) is 0. The summed E-state index contributed by atoms with van der Waals surface area (Å²) in [6, 6.07) is 58.3. The summed E-state index contributed by atoms with van der Waals surface area (Å²) < 4.78 is 2.71. The van der Waals surface area contributed by atoms with E-state index in [2.05, 4.69) is 172 Å². The van der Waals surface area contributed by atoms with Crippen LogP contribution in [0.2, 0.25) is 0 Å². The zero-order valence-corrected chi connectivity index (χ0v) is 26.7. The number of rotatable bonds is 4. The Morgan fingerprint density at radius 1 is 0.370 bits per heavy atom. The molecule has 0 atom stereocenters. The second-order valence-corrected chi connectivity index (χ2v) is 14.0. The van der Waals surface area contributed by atoms with E-state index in [4.69, 9.17) is 0 Å². The van der Waals surface area contributed by atoms with Crippen LogP contribution < -0.4 is 0 Å². The lowest BCUT2D eigenvalue weighted by molar-refractivity contribution is 0.661. The molecule has 0 fully saturated rings. The van der Waals surface area contributed by atoms with Gasteiger partial charge in [-0.3, -0.25) is 0 Å². The number of thiophene rings is 1. The molecule has 0 spiro atoms. The van der Waals surface area contributed by atoms with Crippen LogP contribution >= 0.6 is 11.3 Å². The summed E-state index contributed by atoms with van der Waals surface area (Å²) in [6.07, 6.45) is 0. The molecule has 0 N–H and O–H groups in total. The number of hydrogen-bond donors (Lipinski definition) is 0. The first-order valence-corrected chi connectivity index (χ1v) is 16.8. The Bertz CT molecular complexity index is 2370. The van der Waals surface area contributed by atoms with Gasteiger partial charge in [0.1, 0.15) is 0 Å². The first-order chi connectivity index (χ1) is 22.5. The molecule has 218 valence electrons. The van der Waals surface area contributed by atoms with Gasteiger partial charge in [-0.2, -0.15) is 0 Å². The van der Waals surface area contributed by atoms with E-state index in [9.17, 15) is 0 Å². The van der Waals surface area contributed by atoms with Crippen LogP contribution in [0.4, 0.5) is 0 Å². The van der Waals surface area contributed by atoms with Crippen LogP contribution in [0.5, 0.6) is 0 Å². The van der Waals surface area contributed by atoms with Gasteiger partial charge in [0, 0.05) is 25.6 Å². The lowest BCUT2D eigenvalue weighted by Gasteiger charge is -2.23. The molecule has 1 heteroatoms. The highest BCUT2D eigenvalue weighted by molar-refractivity contribution is 7.26. The molecule has 0 unspecified atom stereocenters. The van der Waals surface area contributed by atoms with Crippen molar-refractivity contribution in [1.29, 1.82) is 0 Å². The standard InChI is InChI=1S/C45H32S/c1-45(2)41-27-31(35-25-33(29-12-5-3-6-13-29)24-34(26-35)30-14-7-4-8-15-30)20-22-37(41)38-23-21-32(28-42(38)45)36-17-11-18-40-39-16-9-10-19-43(39)46-44(36)40/h3-28H,1-2H3. The Morgan fingerprint density at radius 2 is 0.891 bits per heavy atom. The average Bonchev–Trinajstić information content (AvgIpc) is 3.60. The van der Waals surface area contributed by atoms with Gasteiger partial charge < -0.3 is 0 Å². The van der Waals surface area contributed by atoms with Crippen LogP contribution in [0.1, 0.15) is 25.0 Å². The van der Waals surface area contributed by atoms with Crippen LogP contribution in [0, 0.1) is 0 Å². The van der Waals surface area contributed by atoms with Crippen molar-refractivity contribution < 1.29 is 0 Å². The molecule has 1 aliphatic rings. The second-order valence-electron chi connectivity index (χ2n) is 13.0. The van der Waals surface area contributed by atoms with E-state index >= 15 is 0 Å². The number of hydrogen-bond acceptors (Lipinski definition) is 1. The zero-order valence-electron chi connectivity index (χ0n) is 25.9. The predicted octanol–water partition coefficient (Wildman–Crippen LogP) is 13.0. The van der Waals surface area contributed by atoms with Crippen molar-refractivity contribution in [3.05, 3.63) is 169 Å². The van der Waals surface area contributed by atoms with Crippen LogP contribution in [0.25, 0.3) is 75.8 Å². The van der Waals surface area contributed by atoms with E-state index in [-0.39, 0.29) is 5.41 Å². The van der Waals surface area contributed by atoms with Gasteiger partial charge >= 0.3 is 0 Å². The average molecular weight is 605 g/mol. The van der Waals surface area contributed by atoms with E-state index in [1.54, 1.807) is 0 Å². The van der Waals surface area contributed by atoms with Crippen LogP contribution in [-0.4, -0.2) is 0 Å². The van der Waals surface area contributed by atoms with Gasteiger partial charge in [-0.05, 0) is 103 Å². The minimum Gasteiger partial charge on any atom is -0.135 e. The fourth-order valence-electron chi connectivity index (χ4n) is 7.45.